The molecule has 150 valence electrons. The fraction of sp³-hybridized carbons (Fsp3) is 0.762. The van der Waals surface area contributed by atoms with Crippen molar-refractivity contribution in [1.82, 2.24) is 0 Å². The van der Waals surface area contributed by atoms with Gasteiger partial charge < -0.3 is 10.2 Å². The molecule has 0 radical (unpaired) electrons. The molecule has 4 rings (SSSR count). The molecule has 4 aliphatic rings. The Bertz CT molecular complexity index is 737. The number of fused-ring (bicyclic) bond motifs is 5. The summed E-state index contributed by atoms with van der Waals surface area (Å²) in [7, 11) is 0. The first-order chi connectivity index (χ1) is 12.5. The second kappa shape index (κ2) is 5.85. The summed E-state index contributed by atoms with van der Waals surface area (Å²) in [5.74, 6) is -1.52. The van der Waals surface area contributed by atoms with Crippen LogP contribution in [0.1, 0.15) is 58.8 Å². The highest BCUT2D eigenvalue weighted by Crippen LogP contribution is 2.65. The third-order valence-electron chi connectivity index (χ3n) is 8.38. The number of Topliss-reactive ketones (excluding diaryl/α,β-unsaturated/α-hetero) is 1. The molecule has 0 amide bonds. The van der Waals surface area contributed by atoms with Gasteiger partial charge in [-0.1, -0.05) is 19.4 Å². The van der Waals surface area contributed by atoms with Crippen LogP contribution in [0.3, 0.4) is 0 Å². The number of carbonyl (C=O) groups excluding carboxylic acids is 1. The molecule has 3 nitrogen and oxygen atoms in total. The van der Waals surface area contributed by atoms with E-state index in [1.807, 2.05) is 6.92 Å². The molecule has 0 bridgehead atoms. The van der Waals surface area contributed by atoms with E-state index in [-0.39, 0.29) is 23.9 Å². The number of hydrogen-bond acceptors (Lipinski definition) is 3. The summed E-state index contributed by atoms with van der Waals surface area (Å²) in [6, 6.07) is 0. The lowest BCUT2D eigenvalue weighted by Crippen LogP contribution is -2.51. The molecule has 3 fully saturated rings. The molecule has 2 N–H and O–H groups in total. The third kappa shape index (κ3) is 2.62. The zero-order valence-corrected chi connectivity index (χ0v) is 15.8. The summed E-state index contributed by atoms with van der Waals surface area (Å²) >= 11 is 0. The smallest absolute Gasteiger partial charge is 0.454 e. The van der Waals surface area contributed by atoms with Crippen LogP contribution in [0.5, 0.6) is 0 Å². The molecule has 0 aromatic carbocycles. The highest BCUT2D eigenvalue weighted by Gasteiger charge is 2.59. The number of aliphatic hydroxyl groups excluding tert-OH is 2. The Balaban J connectivity index is 1.69. The summed E-state index contributed by atoms with van der Waals surface area (Å²) in [6.07, 6.45) is 1.24. The minimum absolute atomic E-state index is 0.0455. The molecule has 0 aromatic heterocycles. The van der Waals surface area contributed by atoms with Gasteiger partial charge in [-0.3, -0.25) is 4.79 Å². The van der Waals surface area contributed by atoms with Crippen LogP contribution >= 0.6 is 0 Å². The largest absolute Gasteiger partial charge is 0.508 e. The maximum Gasteiger partial charge on any atom is 0.454 e. The highest BCUT2D eigenvalue weighted by molar-refractivity contribution is 6.00. The summed E-state index contributed by atoms with van der Waals surface area (Å²) in [5, 5.41) is 20.6. The maximum atomic E-state index is 13.0. The van der Waals surface area contributed by atoms with Gasteiger partial charge in [0.05, 0.1) is 6.10 Å². The molecule has 27 heavy (non-hydrogen) atoms. The van der Waals surface area contributed by atoms with Gasteiger partial charge >= 0.3 is 6.18 Å². The molecule has 3 saturated carbocycles. The molecular formula is C21H27F3O3. The van der Waals surface area contributed by atoms with Crippen molar-refractivity contribution in [1.29, 1.82) is 0 Å². The number of halogens is 3. The summed E-state index contributed by atoms with van der Waals surface area (Å²) in [5.41, 5.74) is -0.146. The fourth-order valence-electron chi connectivity index (χ4n) is 6.86. The topological polar surface area (TPSA) is 57.5 Å². The Labute approximate surface area is 157 Å². The zero-order valence-electron chi connectivity index (χ0n) is 15.8. The van der Waals surface area contributed by atoms with Crippen LogP contribution in [0.15, 0.2) is 23.0 Å². The van der Waals surface area contributed by atoms with E-state index >= 15 is 0 Å². The monoisotopic (exact) mass is 384 g/mol. The lowest BCUT2D eigenvalue weighted by Gasteiger charge is -2.57. The highest BCUT2D eigenvalue weighted by atomic mass is 19.4. The van der Waals surface area contributed by atoms with E-state index in [1.54, 1.807) is 0 Å². The summed E-state index contributed by atoms with van der Waals surface area (Å²) in [6.45, 7) is 4.13. The maximum absolute atomic E-state index is 13.0. The molecule has 0 heterocycles. The van der Waals surface area contributed by atoms with Crippen LogP contribution < -0.4 is 0 Å². The Kier molecular flexibility index (Phi) is 4.12. The van der Waals surface area contributed by atoms with E-state index in [9.17, 15) is 28.2 Å². The van der Waals surface area contributed by atoms with Gasteiger partial charge in [0, 0.05) is 5.57 Å². The average molecular weight is 384 g/mol. The van der Waals surface area contributed by atoms with Gasteiger partial charge in [0.2, 0.25) is 0 Å². The van der Waals surface area contributed by atoms with Gasteiger partial charge in [0.1, 0.15) is 5.76 Å². The number of aliphatic hydroxyl groups is 2. The molecule has 0 aliphatic heterocycles. The van der Waals surface area contributed by atoms with Crippen LogP contribution in [-0.2, 0) is 4.79 Å². The van der Waals surface area contributed by atoms with E-state index in [0.717, 1.165) is 44.1 Å². The van der Waals surface area contributed by atoms with E-state index < -0.39 is 28.7 Å². The second-order valence-electron chi connectivity index (χ2n) is 9.51. The molecular weight excluding hydrogens is 357 g/mol. The molecule has 6 atom stereocenters. The van der Waals surface area contributed by atoms with Crippen molar-refractivity contribution < 1.29 is 28.2 Å². The van der Waals surface area contributed by atoms with Crippen LogP contribution in [0.25, 0.3) is 0 Å². The van der Waals surface area contributed by atoms with Crippen molar-refractivity contribution in [3.63, 3.8) is 0 Å². The number of alkyl halides is 3. The summed E-state index contributed by atoms with van der Waals surface area (Å²) in [4.78, 5) is 11.9. The lowest BCUT2D eigenvalue weighted by atomic mass is 9.47. The van der Waals surface area contributed by atoms with Gasteiger partial charge in [-0.15, -0.1) is 0 Å². The van der Waals surface area contributed by atoms with E-state index in [0.29, 0.717) is 11.8 Å². The predicted octanol–water partition coefficient (Wildman–Crippen LogP) is 4.86. The number of carbonyl (C=O) groups is 1. The molecule has 0 spiro atoms. The van der Waals surface area contributed by atoms with Gasteiger partial charge in [0.15, 0.2) is 0 Å². The number of hydrogen-bond donors (Lipinski definition) is 2. The van der Waals surface area contributed by atoms with Crippen molar-refractivity contribution in [3.8, 4) is 0 Å². The predicted molar refractivity (Wildman–Crippen MR) is 93.8 cm³/mol. The molecule has 6 heteroatoms. The van der Waals surface area contributed by atoms with E-state index in [2.05, 4.69) is 6.92 Å². The van der Waals surface area contributed by atoms with Gasteiger partial charge in [-0.05, 0) is 79.6 Å². The van der Waals surface area contributed by atoms with Crippen molar-refractivity contribution >= 4 is 5.78 Å². The van der Waals surface area contributed by atoms with Gasteiger partial charge in [0.25, 0.3) is 5.78 Å². The average Bonchev–Trinajstić information content (AvgIpc) is 2.89. The Hall–Kier alpha value is -1.30. The quantitative estimate of drug-likeness (QED) is 0.679. The van der Waals surface area contributed by atoms with Crippen LogP contribution in [-0.4, -0.2) is 28.3 Å². The first-order valence-corrected chi connectivity index (χ1v) is 9.91. The Morgan fingerprint density at radius 1 is 1.15 bits per heavy atom. The standard InChI is InChI=1S/C21H27F3O3/c1-19-8-7-15-12(14(19)5-6-17(19)26)4-3-11-9-16(25)13(10-20(11,15)2)18(27)21(22,23)24/h9,12,14-15,17,25-26H,3-8,10H2,1-2H3. The fourth-order valence-corrected chi connectivity index (χ4v) is 6.86. The second-order valence-corrected chi connectivity index (χ2v) is 9.51. The SMILES string of the molecule is CC12CC(C(=O)C(F)(F)F)=C(O)C=C1CCC1C2CCC2(C)C(O)CCC12. The van der Waals surface area contributed by atoms with Crippen LogP contribution in [0.4, 0.5) is 13.2 Å². The normalized spacial score (nSPS) is 44.3. The molecule has 4 aliphatic carbocycles. The third-order valence-corrected chi connectivity index (χ3v) is 8.38. The van der Waals surface area contributed by atoms with Crippen LogP contribution in [0, 0.1) is 28.6 Å². The molecule has 0 aromatic rings. The van der Waals surface area contributed by atoms with Gasteiger partial charge in [-0.25, -0.2) is 0 Å². The Morgan fingerprint density at radius 2 is 1.85 bits per heavy atom. The van der Waals surface area contributed by atoms with E-state index in [1.165, 1.54) is 6.08 Å². The number of allylic oxidation sites excluding steroid dienone is 3. The van der Waals surface area contributed by atoms with Crippen molar-refractivity contribution in [2.24, 2.45) is 28.6 Å². The molecule has 0 saturated heterocycles. The minimum atomic E-state index is -4.97. The number of rotatable bonds is 1. The van der Waals surface area contributed by atoms with E-state index in [4.69, 9.17) is 0 Å². The van der Waals surface area contributed by atoms with Crippen molar-refractivity contribution in [2.45, 2.75) is 71.1 Å². The minimum Gasteiger partial charge on any atom is -0.508 e. The zero-order chi connectivity index (χ0) is 19.8. The first-order valence-electron chi connectivity index (χ1n) is 9.91. The Morgan fingerprint density at radius 3 is 2.52 bits per heavy atom. The van der Waals surface area contributed by atoms with Crippen molar-refractivity contribution in [3.05, 3.63) is 23.0 Å². The van der Waals surface area contributed by atoms with Gasteiger partial charge in [-0.2, -0.15) is 13.2 Å². The first kappa shape index (κ1) is 19.0. The van der Waals surface area contributed by atoms with Crippen molar-refractivity contribution in [2.75, 3.05) is 0 Å². The molecule has 6 unspecified atom stereocenters. The number of ketones is 1. The lowest BCUT2D eigenvalue weighted by molar-refractivity contribution is -0.167. The van der Waals surface area contributed by atoms with Crippen LogP contribution in [0.2, 0.25) is 0 Å². The summed E-state index contributed by atoms with van der Waals surface area (Å²) < 4.78 is 39.0.